The van der Waals surface area contributed by atoms with Crippen LogP contribution in [-0.4, -0.2) is 45.5 Å². The highest BCUT2D eigenvalue weighted by molar-refractivity contribution is 7.90. The SMILES string of the molecule is CCNC(=NCC(C)(C)CCS(C)(=O)=O)NC(C)CCc1ccccc1. The minimum absolute atomic E-state index is 0.154. The van der Waals surface area contributed by atoms with Gasteiger partial charge < -0.3 is 10.6 Å². The van der Waals surface area contributed by atoms with Gasteiger partial charge in [-0.15, -0.1) is 0 Å². The highest BCUT2D eigenvalue weighted by atomic mass is 32.2. The Morgan fingerprint density at radius 3 is 2.46 bits per heavy atom. The van der Waals surface area contributed by atoms with E-state index in [-0.39, 0.29) is 11.2 Å². The average molecular weight is 382 g/mol. The van der Waals surface area contributed by atoms with Crippen molar-refractivity contribution in [2.24, 2.45) is 10.4 Å². The first kappa shape index (κ1) is 22.5. The molecule has 5 nitrogen and oxygen atoms in total. The molecule has 0 heterocycles. The second-order valence-corrected chi connectivity index (χ2v) is 10.1. The van der Waals surface area contributed by atoms with Crippen molar-refractivity contribution in [2.75, 3.05) is 25.1 Å². The molecule has 0 amide bonds. The maximum atomic E-state index is 11.4. The topological polar surface area (TPSA) is 70.6 Å². The molecular weight excluding hydrogens is 346 g/mol. The van der Waals surface area contributed by atoms with Gasteiger partial charge in [0, 0.05) is 25.4 Å². The molecule has 0 aliphatic heterocycles. The summed E-state index contributed by atoms with van der Waals surface area (Å²) in [6.07, 6.45) is 3.94. The minimum atomic E-state index is -2.94. The largest absolute Gasteiger partial charge is 0.357 e. The second kappa shape index (κ2) is 10.6. The smallest absolute Gasteiger partial charge is 0.191 e. The van der Waals surface area contributed by atoms with Gasteiger partial charge in [0.25, 0.3) is 0 Å². The quantitative estimate of drug-likeness (QED) is 0.483. The van der Waals surface area contributed by atoms with Crippen molar-refractivity contribution in [3.8, 4) is 0 Å². The molecule has 0 spiro atoms. The number of rotatable bonds is 10. The van der Waals surface area contributed by atoms with Crippen LogP contribution in [0.15, 0.2) is 35.3 Å². The lowest BCUT2D eigenvalue weighted by atomic mass is 9.90. The van der Waals surface area contributed by atoms with Gasteiger partial charge in [-0.05, 0) is 44.1 Å². The first-order valence-electron chi connectivity index (χ1n) is 9.38. The highest BCUT2D eigenvalue weighted by Crippen LogP contribution is 2.21. The van der Waals surface area contributed by atoms with Crippen molar-refractivity contribution in [3.05, 3.63) is 35.9 Å². The molecular formula is C20H35N3O2S. The number of sulfone groups is 1. The molecule has 1 unspecified atom stereocenters. The Labute approximate surface area is 159 Å². The van der Waals surface area contributed by atoms with E-state index in [0.29, 0.717) is 19.0 Å². The molecule has 0 saturated carbocycles. The van der Waals surface area contributed by atoms with Crippen molar-refractivity contribution in [1.29, 1.82) is 0 Å². The molecule has 1 aromatic rings. The zero-order chi connectivity index (χ0) is 19.6. The standard InChI is InChI=1S/C20H35N3O2S/c1-6-21-19(22-16-20(3,4)14-15-26(5,24)25)23-17(2)12-13-18-10-8-7-9-11-18/h7-11,17H,6,12-16H2,1-5H3,(H2,21,22,23). The Hall–Kier alpha value is -1.56. The number of aliphatic imine (C=N–C) groups is 1. The second-order valence-electron chi connectivity index (χ2n) is 7.81. The lowest BCUT2D eigenvalue weighted by Gasteiger charge is -2.24. The summed E-state index contributed by atoms with van der Waals surface area (Å²) in [5, 5.41) is 6.73. The van der Waals surface area contributed by atoms with Gasteiger partial charge in [-0.25, -0.2) is 8.42 Å². The van der Waals surface area contributed by atoms with Crippen LogP contribution >= 0.6 is 0 Å². The van der Waals surface area contributed by atoms with Gasteiger partial charge in [0.05, 0.1) is 5.75 Å². The Morgan fingerprint density at radius 1 is 1.23 bits per heavy atom. The molecule has 1 aromatic carbocycles. The highest BCUT2D eigenvalue weighted by Gasteiger charge is 2.20. The summed E-state index contributed by atoms with van der Waals surface area (Å²) in [5.41, 5.74) is 1.18. The summed E-state index contributed by atoms with van der Waals surface area (Å²) in [5.74, 6) is 0.993. The van der Waals surface area contributed by atoms with Crippen LogP contribution < -0.4 is 10.6 Å². The van der Waals surface area contributed by atoms with E-state index in [2.05, 4.69) is 60.7 Å². The first-order valence-corrected chi connectivity index (χ1v) is 11.4. The third kappa shape index (κ3) is 10.4. The molecule has 6 heteroatoms. The molecule has 0 aliphatic rings. The van der Waals surface area contributed by atoms with Crippen molar-refractivity contribution < 1.29 is 8.42 Å². The van der Waals surface area contributed by atoms with Crippen LogP contribution in [0.5, 0.6) is 0 Å². The van der Waals surface area contributed by atoms with Crippen molar-refractivity contribution >= 4 is 15.8 Å². The number of hydrogen-bond donors (Lipinski definition) is 2. The Morgan fingerprint density at radius 2 is 1.88 bits per heavy atom. The normalized spacial score (nSPS) is 14.1. The maximum Gasteiger partial charge on any atom is 0.191 e. The van der Waals surface area contributed by atoms with Crippen LogP contribution in [0.1, 0.15) is 46.1 Å². The molecule has 0 aliphatic carbocycles. The molecule has 0 bridgehead atoms. The van der Waals surface area contributed by atoms with Crippen LogP contribution in [0.3, 0.4) is 0 Å². The van der Waals surface area contributed by atoms with E-state index in [0.717, 1.165) is 25.3 Å². The van der Waals surface area contributed by atoms with Gasteiger partial charge in [-0.1, -0.05) is 44.2 Å². The van der Waals surface area contributed by atoms with Crippen LogP contribution in [0, 0.1) is 5.41 Å². The predicted octanol–water partition coefficient (Wildman–Crippen LogP) is 3.02. The fourth-order valence-electron chi connectivity index (χ4n) is 2.49. The number of nitrogens with zero attached hydrogens (tertiary/aromatic N) is 1. The molecule has 1 rings (SSSR count). The van der Waals surface area contributed by atoms with E-state index in [1.165, 1.54) is 11.8 Å². The third-order valence-electron chi connectivity index (χ3n) is 4.25. The van der Waals surface area contributed by atoms with E-state index in [1.807, 2.05) is 13.0 Å². The van der Waals surface area contributed by atoms with E-state index in [4.69, 9.17) is 0 Å². The fourth-order valence-corrected chi connectivity index (χ4v) is 3.41. The van der Waals surface area contributed by atoms with Gasteiger partial charge in [0.2, 0.25) is 0 Å². The number of guanidine groups is 1. The van der Waals surface area contributed by atoms with Crippen LogP contribution in [0.2, 0.25) is 0 Å². The fraction of sp³-hybridized carbons (Fsp3) is 0.650. The van der Waals surface area contributed by atoms with Gasteiger partial charge in [0.15, 0.2) is 5.96 Å². The molecule has 0 saturated heterocycles. The number of hydrogen-bond acceptors (Lipinski definition) is 3. The van der Waals surface area contributed by atoms with Crippen molar-refractivity contribution in [2.45, 2.75) is 53.0 Å². The van der Waals surface area contributed by atoms with Gasteiger partial charge >= 0.3 is 0 Å². The summed E-state index contributed by atoms with van der Waals surface area (Å²) in [6.45, 7) is 9.70. The number of aryl methyl sites for hydroxylation is 1. The summed E-state index contributed by atoms with van der Waals surface area (Å²) < 4.78 is 22.8. The molecule has 1 atom stereocenters. The Bertz CT molecular complexity index is 655. The van der Waals surface area contributed by atoms with Crippen molar-refractivity contribution in [3.63, 3.8) is 0 Å². The molecule has 26 heavy (non-hydrogen) atoms. The molecule has 0 aromatic heterocycles. The molecule has 2 N–H and O–H groups in total. The third-order valence-corrected chi connectivity index (χ3v) is 5.20. The minimum Gasteiger partial charge on any atom is -0.357 e. The van der Waals surface area contributed by atoms with E-state index in [9.17, 15) is 8.42 Å². The zero-order valence-corrected chi connectivity index (χ0v) is 17.7. The van der Waals surface area contributed by atoms with Crippen LogP contribution in [0.4, 0.5) is 0 Å². The first-order chi connectivity index (χ1) is 12.1. The van der Waals surface area contributed by atoms with Gasteiger partial charge in [-0.2, -0.15) is 0 Å². The molecule has 0 fully saturated rings. The van der Waals surface area contributed by atoms with E-state index in [1.54, 1.807) is 0 Å². The van der Waals surface area contributed by atoms with Gasteiger partial charge in [0.1, 0.15) is 9.84 Å². The lowest BCUT2D eigenvalue weighted by Crippen LogP contribution is -2.43. The molecule has 148 valence electrons. The van der Waals surface area contributed by atoms with Crippen molar-refractivity contribution in [1.82, 2.24) is 10.6 Å². The summed E-state index contributed by atoms with van der Waals surface area (Å²) in [6, 6.07) is 10.8. The maximum absolute atomic E-state index is 11.4. The monoisotopic (exact) mass is 381 g/mol. The Balaban J connectivity index is 2.56. The van der Waals surface area contributed by atoms with Crippen LogP contribution in [0.25, 0.3) is 0 Å². The lowest BCUT2D eigenvalue weighted by molar-refractivity contribution is 0.365. The molecule has 0 radical (unpaired) electrons. The van der Waals surface area contributed by atoms with Crippen LogP contribution in [-0.2, 0) is 16.3 Å². The van der Waals surface area contributed by atoms with E-state index < -0.39 is 9.84 Å². The number of benzene rings is 1. The number of nitrogens with one attached hydrogen (secondary N) is 2. The predicted molar refractivity (Wildman–Crippen MR) is 111 cm³/mol. The summed E-state index contributed by atoms with van der Waals surface area (Å²) in [4.78, 5) is 4.68. The summed E-state index contributed by atoms with van der Waals surface area (Å²) in [7, 11) is -2.94. The van der Waals surface area contributed by atoms with E-state index >= 15 is 0 Å². The summed E-state index contributed by atoms with van der Waals surface area (Å²) >= 11 is 0. The Kier molecular flexibility index (Phi) is 9.13. The van der Waals surface area contributed by atoms with Gasteiger partial charge in [-0.3, -0.25) is 4.99 Å². The average Bonchev–Trinajstić information content (AvgIpc) is 2.57. The zero-order valence-electron chi connectivity index (χ0n) is 16.9.